The first-order valence-corrected chi connectivity index (χ1v) is 5.87. The number of hydrogen-bond donors (Lipinski definition) is 2. The third-order valence-electron chi connectivity index (χ3n) is 2.87. The molecule has 0 bridgehead atoms. The number of rotatable bonds is 6. The van der Waals surface area contributed by atoms with E-state index in [9.17, 15) is 5.11 Å². The molecule has 1 heterocycles. The van der Waals surface area contributed by atoms with Gasteiger partial charge in [0, 0.05) is 31.5 Å². The molecule has 0 spiro atoms. The average molecular weight is 238 g/mol. The Morgan fingerprint density at radius 3 is 2.41 bits per heavy atom. The Hall–Kier alpha value is -1.20. The third-order valence-corrected chi connectivity index (χ3v) is 2.87. The van der Waals surface area contributed by atoms with Gasteiger partial charge in [0.1, 0.15) is 0 Å². The Balaban J connectivity index is 2.73. The van der Waals surface area contributed by atoms with Gasteiger partial charge in [-0.3, -0.25) is 0 Å². The van der Waals surface area contributed by atoms with E-state index < -0.39 is 0 Å². The summed E-state index contributed by atoms with van der Waals surface area (Å²) in [5, 5.41) is 12.5. The second-order valence-electron chi connectivity index (χ2n) is 4.70. The van der Waals surface area contributed by atoms with Crippen LogP contribution >= 0.6 is 0 Å². The Morgan fingerprint density at radius 1 is 1.35 bits per heavy atom. The van der Waals surface area contributed by atoms with Gasteiger partial charge < -0.3 is 15.3 Å². The summed E-state index contributed by atoms with van der Waals surface area (Å²) in [6.07, 6.45) is 3.63. The number of hydrogen-bond acceptors (Lipinski definition) is 5. The molecule has 5 heteroatoms. The lowest BCUT2D eigenvalue weighted by molar-refractivity contribution is 0.215. The largest absolute Gasteiger partial charge is 0.394 e. The Kier molecular flexibility index (Phi) is 4.84. The number of aliphatic hydroxyl groups excluding tert-OH is 1. The smallest absolute Gasteiger partial charge is 0.225 e. The predicted molar refractivity (Wildman–Crippen MR) is 69.0 cm³/mol. The van der Waals surface area contributed by atoms with Gasteiger partial charge in [0.05, 0.1) is 12.1 Å². The van der Waals surface area contributed by atoms with Crippen LogP contribution in [0.15, 0.2) is 12.4 Å². The van der Waals surface area contributed by atoms with Crippen LogP contribution < -0.4 is 10.2 Å². The number of aromatic nitrogens is 2. The molecule has 5 nitrogen and oxygen atoms in total. The zero-order valence-corrected chi connectivity index (χ0v) is 11.1. The van der Waals surface area contributed by atoms with Crippen LogP contribution in [0.4, 0.5) is 5.95 Å². The summed E-state index contributed by atoms with van der Waals surface area (Å²) in [4.78, 5) is 10.5. The van der Waals surface area contributed by atoms with E-state index in [2.05, 4.69) is 22.2 Å². The van der Waals surface area contributed by atoms with Crippen molar-refractivity contribution in [3.05, 3.63) is 18.0 Å². The van der Waals surface area contributed by atoms with E-state index >= 15 is 0 Å². The van der Waals surface area contributed by atoms with E-state index in [4.69, 9.17) is 0 Å². The molecule has 1 aromatic rings. The van der Waals surface area contributed by atoms with Crippen LogP contribution in [0.1, 0.15) is 26.3 Å². The van der Waals surface area contributed by atoms with E-state index in [0.29, 0.717) is 5.95 Å². The summed E-state index contributed by atoms with van der Waals surface area (Å²) in [5.41, 5.74) is 0.703. The normalized spacial score (nSPS) is 11.6. The fourth-order valence-corrected chi connectivity index (χ4v) is 1.26. The lowest BCUT2D eigenvalue weighted by Crippen LogP contribution is -2.45. The van der Waals surface area contributed by atoms with Gasteiger partial charge in [-0.15, -0.1) is 0 Å². The van der Waals surface area contributed by atoms with E-state index in [1.54, 1.807) is 0 Å². The minimum Gasteiger partial charge on any atom is -0.394 e. The van der Waals surface area contributed by atoms with Crippen LogP contribution in [-0.4, -0.2) is 40.8 Å². The molecule has 1 aromatic heterocycles. The lowest BCUT2D eigenvalue weighted by Gasteiger charge is -2.33. The zero-order valence-electron chi connectivity index (χ0n) is 11.1. The summed E-state index contributed by atoms with van der Waals surface area (Å²) >= 11 is 0. The predicted octanol–water partition coefficient (Wildman–Crippen LogP) is 0.793. The van der Waals surface area contributed by atoms with Crippen molar-refractivity contribution >= 4 is 5.95 Å². The molecule has 96 valence electrons. The number of anilines is 1. The number of likely N-dealkylation sites (N-methyl/N-ethyl adjacent to an activating group) is 1. The first-order chi connectivity index (χ1) is 8.01. The van der Waals surface area contributed by atoms with Crippen LogP contribution in [0, 0.1) is 0 Å². The highest BCUT2D eigenvalue weighted by Gasteiger charge is 2.24. The number of nitrogens with one attached hydrogen (secondary N) is 1. The van der Waals surface area contributed by atoms with Crippen molar-refractivity contribution in [3.63, 3.8) is 0 Å². The molecular weight excluding hydrogens is 216 g/mol. The molecule has 0 aliphatic carbocycles. The molecule has 0 unspecified atom stereocenters. The van der Waals surface area contributed by atoms with Crippen LogP contribution in [0.3, 0.4) is 0 Å². The first kappa shape index (κ1) is 13.9. The summed E-state index contributed by atoms with van der Waals surface area (Å²) in [6, 6.07) is 0. The van der Waals surface area contributed by atoms with Gasteiger partial charge >= 0.3 is 0 Å². The highest BCUT2D eigenvalue weighted by Crippen LogP contribution is 2.17. The van der Waals surface area contributed by atoms with Crippen molar-refractivity contribution in [1.29, 1.82) is 0 Å². The Bertz CT molecular complexity index is 337. The fourth-order valence-electron chi connectivity index (χ4n) is 1.26. The van der Waals surface area contributed by atoms with Crippen LogP contribution in [-0.2, 0) is 6.54 Å². The topological polar surface area (TPSA) is 61.3 Å². The van der Waals surface area contributed by atoms with Gasteiger partial charge in [0.2, 0.25) is 5.95 Å². The molecule has 0 atom stereocenters. The van der Waals surface area contributed by atoms with Gasteiger partial charge in [0.25, 0.3) is 0 Å². The summed E-state index contributed by atoms with van der Waals surface area (Å²) in [5.74, 6) is 0.629. The van der Waals surface area contributed by atoms with E-state index in [1.807, 2.05) is 38.2 Å². The van der Waals surface area contributed by atoms with E-state index in [0.717, 1.165) is 18.7 Å². The van der Waals surface area contributed by atoms with Gasteiger partial charge in [0.15, 0.2) is 0 Å². The standard InChI is InChI=1S/C12H22N4O/c1-5-13-6-10-7-14-11(15-8-10)16(4)12(2,3)9-17/h7-8,13,17H,5-6,9H2,1-4H3. The summed E-state index contributed by atoms with van der Waals surface area (Å²) in [7, 11) is 1.88. The highest BCUT2D eigenvalue weighted by atomic mass is 16.3. The molecule has 0 aromatic carbocycles. The maximum atomic E-state index is 9.29. The fraction of sp³-hybridized carbons (Fsp3) is 0.667. The van der Waals surface area contributed by atoms with Crippen LogP contribution in [0.2, 0.25) is 0 Å². The summed E-state index contributed by atoms with van der Waals surface area (Å²) in [6.45, 7) is 7.73. The molecule has 0 saturated heterocycles. The minimum absolute atomic E-state index is 0.0615. The molecule has 0 radical (unpaired) electrons. The average Bonchev–Trinajstić information content (AvgIpc) is 2.36. The minimum atomic E-state index is -0.358. The monoisotopic (exact) mass is 238 g/mol. The molecule has 1 rings (SSSR count). The van der Waals surface area contributed by atoms with Gasteiger partial charge in [-0.2, -0.15) is 0 Å². The molecule has 17 heavy (non-hydrogen) atoms. The molecular formula is C12H22N4O. The molecule has 0 saturated carbocycles. The maximum Gasteiger partial charge on any atom is 0.225 e. The molecule has 0 aliphatic rings. The van der Waals surface area contributed by atoms with Gasteiger partial charge in [-0.1, -0.05) is 6.92 Å². The zero-order chi connectivity index (χ0) is 12.9. The van der Waals surface area contributed by atoms with E-state index in [-0.39, 0.29) is 12.1 Å². The lowest BCUT2D eigenvalue weighted by atomic mass is 10.1. The van der Waals surface area contributed by atoms with Crippen molar-refractivity contribution in [1.82, 2.24) is 15.3 Å². The van der Waals surface area contributed by atoms with Gasteiger partial charge in [-0.05, 0) is 20.4 Å². The maximum absolute atomic E-state index is 9.29. The molecule has 0 amide bonds. The van der Waals surface area contributed by atoms with Crippen LogP contribution in [0.25, 0.3) is 0 Å². The van der Waals surface area contributed by atoms with Crippen molar-refractivity contribution in [2.75, 3.05) is 25.1 Å². The number of aliphatic hydroxyl groups is 1. The van der Waals surface area contributed by atoms with Crippen molar-refractivity contribution in [3.8, 4) is 0 Å². The second-order valence-corrected chi connectivity index (χ2v) is 4.70. The summed E-state index contributed by atoms with van der Waals surface area (Å²) < 4.78 is 0. The Morgan fingerprint density at radius 2 is 1.94 bits per heavy atom. The molecule has 2 N–H and O–H groups in total. The SMILES string of the molecule is CCNCc1cnc(N(C)C(C)(C)CO)nc1. The third kappa shape index (κ3) is 3.64. The van der Waals surface area contributed by atoms with Crippen LogP contribution in [0.5, 0.6) is 0 Å². The molecule has 0 fully saturated rings. The van der Waals surface area contributed by atoms with Crippen molar-refractivity contribution < 1.29 is 5.11 Å². The van der Waals surface area contributed by atoms with Crippen molar-refractivity contribution in [2.45, 2.75) is 32.9 Å². The number of nitrogens with zero attached hydrogens (tertiary/aromatic N) is 3. The van der Waals surface area contributed by atoms with Gasteiger partial charge in [-0.25, -0.2) is 9.97 Å². The quantitative estimate of drug-likeness (QED) is 0.767. The Labute approximate surface area is 103 Å². The highest BCUT2D eigenvalue weighted by molar-refractivity contribution is 5.32. The second kappa shape index (κ2) is 5.93. The van der Waals surface area contributed by atoms with E-state index in [1.165, 1.54) is 0 Å². The molecule has 0 aliphatic heterocycles. The van der Waals surface area contributed by atoms with Crippen molar-refractivity contribution in [2.24, 2.45) is 0 Å². The first-order valence-electron chi connectivity index (χ1n) is 5.87.